The Morgan fingerprint density at radius 1 is 1.47 bits per heavy atom. The van der Waals surface area contributed by atoms with Gasteiger partial charge in [-0.1, -0.05) is 32.0 Å². The second kappa shape index (κ2) is 4.34. The Labute approximate surface area is 107 Å². The zero-order chi connectivity index (χ0) is 12.6. The first kappa shape index (κ1) is 12.4. The molecule has 2 rings (SSSR count). The molecule has 0 bridgehead atoms. The van der Waals surface area contributed by atoms with Gasteiger partial charge >= 0.3 is 0 Å². The summed E-state index contributed by atoms with van der Waals surface area (Å²) in [5.74, 6) is 0.251. The zero-order valence-corrected chi connectivity index (χ0v) is 11.2. The minimum Gasteiger partial charge on any atom is -0.326 e. The highest BCUT2D eigenvalue weighted by atomic mass is 35.5. The number of carbonyl (C=O) groups excluding carboxylic acids is 1. The number of carbonyl (C=O) groups is 1. The van der Waals surface area contributed by atoms with Gasteiger partial charge in [-0.15, -0.1) is 11.6 Å². The number of para-hydroxylation sites is 1. The lowest BCUT2D eigenvalue weighted by molar-refractivity contribution is -0.118. The fourth-order valence-electron chi connectivity index (χ4n) is 2.09. The van der Waals surface area contributed by atoms with E-state index in [-0.39, 0.29) is 22.6 Å². The molecule has 2 unspecified atom stereocenters. The van der Waals surface area contributed by atoms with Crippen LogP contribution in [0, 0.1) is 11.3 Å². The molecule has 2 atom stereocenters. The minimum absolute atomic E-state index is 0.0984. The SMILES string of the molecule is CC(Cl)c1ccccc1NC(=O)C1CC1(C)C. The Morgan fingerprint density at radius 2 is 2.06 bits per heavy atom. The van der Waals surface area contributed by atoms with Crippen molar-refractivity contribution in [1.82, 2.24) is 0 Å². The van der Waals surface area contributed by atoms with Gasteiger partial charge in [0.15, 0.2) is 0 Å². The molecular formula is C14H18ClNO. The molecule has 1 saturated carbocycles. The number of hydrogen-bond acceptors (Lipinski definition) is 1. The van der Waals surface area contributed by atoms with Crippen LogP contribution >= 0.6 is 11.6 Å². The number of hydrogen-bond donors (Lipinski definition) is 1. The molecule has 0 heterocycles. The van der Waals surface area contributed by atoms with Gasteiger partial charge in [0.2, 0.25) is 5.91 Å². The molecule has 2 nitrogen and oxygen atoms in total. The van der Waals surface area contributed by atoms with Crippen LogP contribution in [0.15, 0.2) is 24.3 Å². The average Bonchev–Trinajstić information content (AvgIpc) is 2.88. The van der Waals surface area contributed by atoms with E-state index in [2.05, 4.69) is 19.2 Å². The van der Waals surface area contributed by atoms with E-state index in [0.717, 1.165) is 17.7 Å². The van der Waals surface area contributed by atoms with Crippen LogP contribution in [0.4, 0.5) is 5.69 Å². The first-order valence-electron chi connectivity index (χ1n) is 5.95. The van der Waals surface area contributed by atoms with Gasteiger partial charge in [-0.3, -0.25) is 4.79 Å². The van der Waals surface area contributed by atoms with Crippen molar-refractivity contribution in [3.05, 3.63) is 29.8 Å². The number of benzene rings is 1. The molecule has 0 saturated heterocycles. The van der Waals surface area contributed by atoms with Gasteiger partial charge in [-0.25, -0.2) is 0 Å². The van der Waals surface area contributed by atoms with E-state index in [1.54, 1.807) is 0 Å². The van der Waals surface area contributed by atoms with Gasteiger partial charge in [0, 0.05) is 11.6 Å². The van der Waals surface area contributed by atoms with E-state index in [4.69, 9.17) is 11.6 Å². The Kier molecular flexibility index (Phi) is 3.17. The van der Waals surface area contributed by atoms with E-state index in [1.807, 2.05) is 31.2 Å². The average molecular weight is 252 g/mol. The number of amides is 1. The van der Waals surface area contributed by atoms with Gasteiger partial charge in [0.1, 0.15) is 0 Å². The van der Waals surface area contributed by atoms with Crippen molar-refractivity contribution in [3.63, 3.8) is 0 Å². The third-order valence-electron chi connectivity index (χ3n) is 3.48. The van der Waals surface area contributed by atoms with Crippen LogP contribution in [-0.4, -0.2) is 5.91 Å². The second-order valence-corrected chi connectivity index (χ2v) is 6.09. The monoisotopic (exact) mass is 251 g/mol. The highest BCUT2D eigenvalue weighted by Crippen LogP contribution is 2.52. The van der Waals surface area contributed by atoms with E-state index in [0.29, 0.717) is 0 Å². The summed E-state index contributed by atoms with van der Waals surface area (Å²) in [6.45, 7) is 6.15. The lowest BCUT2D eigenvalue weighted by Gasteiger charge is -2.13. The van der Waals surface area contributed by atoms with E-state index in [9.17, 15) is 4.79 Å². The van der Waals surface area contributed by atoms with Crippen LogP contribution in [0.1, 0.15) is 38.1 Å². The first-order chi connectivity index (χ1) is 7.92. The summed E-state index contributed by atoms with van der Waals surface area (Å²) in [5.41, 5.74) is 1.97. The lowest BCUT2D eigenvalue weighted by atomic mass is 10.1. The third-order valence-corrected chi connectivity index (χ3v) is 3.71. The van der Waals surface area contributed by atoms with Gasteiger partial charge in [0.05, 0.1) is 5.38 Å². The van der Waals surface area contributed by atoms with Crippen LogP contribution in [-0.2, 0) is 4.79 Å². The summed E-state index contributed by atoms with van der Waals surface area (Å²) in [7, 11) is 0. The molecule has 0 spiro atoms. The molecule has 1 aromatic rings. The smallest absolute Gasteiger partial charge is 0.228 e. The Hall–Kier alpha value is -1.02. The normalized spacial score (nSPS) is 22.9. The van der Waals surface area contributed by atoms with Crippen molar-refractivity contribution >= 4 is 23.2 Å². The molecule has 1 aliphatic rings. The summed E-state index contributed by atoms with van der Waals surface area (Å²) in [4.78, 5) is 12.0. The molecule has 92 valence electrons. The molecule has 1 amide bonds. The Balaban J connectivity index is 2.11. The lowest BCUT2D eigenvalue weighted by Crippen LogP contribution is -2.17. The van der Waals surface area contributed by atoms with E-state index < -0.39 is 0 Å². The van der Waals surface area contributed by atoms with Gasteiger partial charge < -0.3 is 5.32 Å². The fourth-order valence-corrected chi connectivity index (χ4v) is 2.28. The van der Waals surface area contributed by atoms with Crippen molar-refractivity contribution in [2.24, 2.45) is 11.3 Å². The van der Waals surface area contributed by atoms with Gasteiger partial charge in [0.25, 0.3) is 0 Å². The van der Waals surface area contributed by atoms with Crippen molar-refractivity contribution in [2.75, 3.05) is 5.32 Å². The van der Waals surface area contributed by atoms with Crippen LogP contribution < -0.4 is 5.32 Å². The maximum Gasteiger partial charge on any atom is 0.228 e. The third kappa shape index (κ3) is 2.63. The number of halogens is 1. The minimum atomic E-state index is -0.0984. The second-order valence-electron chi connectivity index (χ2n) is 5.44. The molecule has 0 aromatic heterocycles. The van der Waals surface area contributed by atoms with Crippen molar-refractivity contribution in [2.45, 2.75) is 32.6 Å². The number of anilines is 1. The van der Waals surface area contributed by atoms with Gasteiger partial charge in [-0.2, -0.15) is 0 Å². The first-order valence-corrected chi connectivity index (χ1v) is 6.39. The van der Waals surface area contributed by atoms with Crippen molar-refractivity contribution < 1.29 is 4.79 Å². The largest absolute Gasteiger partial charge is 0.326 e. The van der Waals surface area contributed by atoms with E-state index >= 15 is 0 Å². The molecule has 1 aromatic carbocycles. The van der Waals surface area contributed by atoms with Crippen LogP contribution in [0.3, 0.4) is 0 Å². The zero-order valence-electron chi connectivity index (χ0n) is 10.5. The quantitative estimate of drug-likeness (QED) is 0.810. The van der Waals surface area contributed by atoms with Crippen molar-refractivity contribution in [3.8, 4) is 0 Å². The topological polar surface area (TPSA) is 29.1 Å². The summed E-state index contributed by atoms with van der Waals surface area (Å²) in [5, 5.41) is 2.89. The maximum atomic E-state index is 12.0. The van der Waals surface area contributed by atoms with Crippen LogP contribution in [0.2, 0.25) is 0 Å². The number of nitrogens with one attached hydrogen (secondary N) is 1. The highest BCUT2D eigenvalue weighted by Gasteiger charge is 2.50. The standard InChI is InChI=1S/C14H18ClNO/c1-9(15)10-6-4-5-7-12(10)16-13(17)11-8-14(11,2)3/h4-7,9,11H,8H2,1-3H3,(H,16,17). The molecule has 1 fully saturated rings. The molecule has 3 heteroatoms. The van der Waals surface area contributed by atoms with E-state index in [1.165, 1.54) is 0 Å². The Bertz CT molecular complexity index is 440. The summed E-state index contributed by atoms with van der Waals surface area (Å²) < 4.78 is 0. The summed E-state index contributed by atoms with van der Waals surface area (Å²) in [6.07, 6.45) is 0.970. The molecule has 1 N–H and O–H groups in total. The molecule has 0 aliphatic heterocycles. The predicted octanol–water partition coefficient (Wildman–Crippen LogP) is 3.97. The number of alkyl halides is 1. The van der Waals surface area contributed by atoms with Gasteiger partial charge in [-0.05, 0) is 30.4 Å². The fraction of sp³-hybridized carbons (Fsp3) is 0.500. The maximum absolute atomic E-state index is 12.0. The molecular weight excluding hydrogens is 234 g/mol. The molecule has 17 heavy (non-hydrogen) atoms. The molecule has 0 radical (unpaired) electrons. The summed E-state index contributed by atoms with van der Waals surface area (Å²) >= 11 is 6.09. The Morgan fingerprint density at radius 3 is 2.59 bits per heavy atom. The summed E-state index contributed by atoms with van der Waals surface area (Å²) in [6, 6.07) is 7.70. The van der Waals surface area contributed by atoms with Crippen LogP contribution in [0.25, 0.3) is 0 Å². The van der Waals surface area contributed by atoms with Crippen LogP contribution in [0.5, 0.6) is 0 Å². The van der Waals surface area contributed by atoms with Crippen molar-refractivity contribution in [1.29, 1.82) is 0 Å². The number of rotatable bonds is 3. The predicted molar refractivity (Wildman–Crippen MR) is 71.2 cm³/mol. The highest BCUT2D eigenvalue weighted by molar-refractivity contribution is 6.21. The molecule has 1 aliphatic carbocycles.